The Morgan fingerprint density at radius 3 is 2.67 bits per heavy atom. The Bertz CT molecular complexity index is 1240. The smallest absolute Gasteiger partial charge is 0.255 e. The molecular formula is C24H25N5O. The summed E-state index contributed by atoms with van der Waals surface area (Å²) in [7, 11) is 0. The number of para-hydroxylation sites is 2. The third-order valence-corrected chi connectivity index (χ3v) is 5.74. The van der Waals surface area contributed by atoms with Crippen molar-refractivity contribution in [1.82, 2.24) is 24.4 Å². The van der Waals surface area contributed by atoms with Crippen LogP contribution in [-0.4, -0.2) is 31.0 Å². The minimum absolute atomic E-state index is 0.0365. The van der Waals surface area contributed by atoms with E-state index < -0.39 is 0 Å². The van der Waals surface area contributed by atoms with Gasteiger partial charge in [-0.2, -0.15) is 0 Å². The highest BCUT2D eigenvalue weighted by atomic mass is 16.1. The zero-order valence-electron chi connectivity index (χ0n) is 17.1. The van der Waals surface area contributed by atoms with Crippen molar-refractivity contribution in [2.24, 2.45) is 0 Å². The molecule has 0 bridgehead atoms. The van der Waals surface area contributed by atoms with Crippen LogP contribution in [0.1, 0.15) is 30.4 Å². The minimum atomic E-state index is -0.0365. The first-order valence-corrected chi connectivity index (χ1v) is 10.6. The van der Waals surface area contributed by atoms with Gasteiger partial charge < -0.3 is 9.55 Å². The van der Waals surface area contributed by atoms with Crippen LogP contribution in [0.15, 0.2) is 59.4 Å². The van der Waals surface area contributed by atoms with Gasteiger partial charge in [-0.15, -0.1) is 0 Å². The Morgan fingerprint density at radius 2 is 1.83 bits per heavy atom. The number of nitrogens with zero attached hydrogens (tertiary/aromatic N) is 4. The predicted octanol–water partition coefficient (Wildman–Crippen LogP) is 3.75. The van der Waals surface area contributed by atoms with Crippen LogP contribution in [0.5, 0.6) is 0 Å². The molecular weight excluding hydrogens is 374 g/mol. The van der Waals surface area contributed by atoms with Gasteiger partial charge in [0.2, 0.25) is 0 Å². The van der Waals surface area contributed by atoms with Crippen molar-refractivity contribution in [1.29, 1.82) is 0 Å². The summed E-state index contributed by atoms with van der Waals surface area (Å²) in [6.45, 7) is 5.33. The number of nitrogens with one attached hydrogen (secondary N) is 1. The highest BCUT2D eigenvalue weighted by Gasteiger charge is 2.23. The van der Waals surface area contributed by atoms with E-state index in [1.807, 2.05) is 36.4 Å². The minimum Gasteiger partial charge on any atom is -0.327 e. The van der Waals surface area contributed by atoms with E-state index in [0.29, 0.717) is 12.4 Å². The van der Waals surface area contributed by atoms with E-state index in [4.69, 9.17) is 9.97 Å². The van der Waals surface area contributed by atoms with Gasteiger partial charge >= 0.3 is 0 Å². The number of aryl methyl sites for hydroxylation is 1. The van der Waals surface area contributed by atoms with E-state index >= 15 is 0 Å². The van der Waals surface area contributed by atoms with Gasteiger partial charge in [0, 0.05) is 31.6 Å². The van der Waals surface area contributed by atoms with E-state index in [9.17, 15) is 4.79 Å². The summed E-state index contributed by atoms with van der Waals surface area (Å²) in [5, 5.41) is 0. The first-order chi connectivity index (χ1) is 14.7. The van der Waals surface area contributed by atoms with Gasteiger partial charge in [0.25, 0.3) is 5.56 Å². The molecule has 6 nitrogen and oxygen atoms in total. The van der Waals surface area contributed by atoms with E-state index in [0.717, 1.165) is 60.6 Å². The van der Waals surface area contributed by atoms with Crippen LogP contribution in [-0.2, 0) is 26.1 Å². The Hall–Kier alpha value is -3.25. The summed E-state index contributed by atoms with van der Waals surface area (Å²) < 4.78 is 2.31. The second-order valence-corrected chi connectivity index (χ2v) is 7.83. The number of rotatable bonds is 5. The van der Waals surface area contributed by atoms with Gasteiger partial charge in [-0.05, 0) is 18.6 Å². The van der Waals surface area contributed by atoms with E-state index in [1.54, 1.807) is 0 Å². The summed E-state index contributed by atoms with van der Waals surface area (Å²) in [6.07, 6.45) is 1.83. The summed E-state index contributed by atoms with van der Waals surface area (Å²) in [4.78, 5) is 27.7. The standard InChI is InChI=1S/C24H25N5O/c1-2-13-29-21-11-7-6-10-20(21)25-22(29)16-28-14-12-19-18(15-28)24(30)27-23(26-19)17-8-4-3-5-9-17/h3-11H,2,12-16H2,1H3,(H,26,27,30). The molecule has 0 aliphatic carbocycles. The van der Waals surface area contributed by atoms with Crippen molar-refractivity contribution in [3.63, 3.8) is 0 Å². The average molecular weight is 399 g/mol. The monoisotopic (exact) mass is 399 g/mol. The maximum absolute atomic E-state index is 12.8. The molecule has 30 heavy (non-hydrogen) atoms. The summed E-state index contributed by atoms with van der Waals surface area (Å²) in [6, 6.07) is 18.1. The van der Waals surface area contributed by atoms with Crippen LogP contribution in [0.3, 0.4) is 0 Å². The van der Waals surface area contributed by atoms with Gasteiger partial charge in [0.05, 0.1) is 28.8 Å². The molecule has 5 rings (SSSR count). The fourth-order valence-electron chi connectivity index (χ4n) is 4.27. The number of benzene rings is 2. The first kappa shape index (κ1) is 18.8. The number of aromatic nitrogens is 4. The number of H-pyrrole nitrogens is 1. The molecule has 0 spiro atoms. The van der Waals surface area contributed by atoms with Gasteiger partial charge in [0.1, 0.15) is 11.6 Å². The summed E-state index contributed by atoms with van der Waals surface area (Å²) in [5.41, 5.74) is 4.80. The third-order valence-electron chi connectivity index (χ3n) is 5.74. The fraction of sp³-hybridized carbons (Fsp3) is 0.292. The molecule has 152 valence electrons. The molecule has 0 radical (unpaired) electrons. The third kappa shape index (κ3) is 3.44. The molecule has 2 aromatic heterocycles. The van der Waals surface area contributed by atoms with Crippen LogP contribution in [0.2, 0.25) is 0 Å². The molecule has 1 aliphatic rings. The summed E-state index contributed by atoms with van der Waals surface area (Å²) >= 11 is 0. The van der Waals surface area contributed by atoms with Crippen LogP contribution in [0, 0.1) is 0 Å². The molecule has 0 unspecified atom stereocenters. The quantitative estimate of drug-likeness (QED) is 0.555. The van der Waals surface area contributed by atoms with Gasteiger partial charge in [-0.3, -0.25) is 9.69 Å². The van der Waals surface area contributed by atoms with Crippen molar-refractivity contribution >= 4 is 11.0 Å². The molecule has 0 fully saturated rings. The molecule has 1 aliphatic heterocycles. The molecule has 6 heteroatoms. The predicted molar refractivity (Wildman–Crippen MR) is 118 cm³/mol. The van der Waals surface area contributed by atoms with Crippen molar-refractivity contribution in [3.8, 4) is 11.4 Å². The topological polar surface area (TPSA) is 66.8 Å². The average Bonchev–Trinajstić information content (AvgIpc) is 3.12. The van der Waals surface area contributed by atoms with E-state index in [1.165, 1.54) is 5.52 Å². The van der Waals surface area contributed by atoms with E-state index in [2.05, 4.69) is 39.6 Å². The lowest BCUT2D eigenvalue weighted by Gasteiger charge is -2.27. The van der Waals surface area contributed by atoms with Crippen LogP contribution in [0.25, 0.3) is 22.4 Å². The Balaban J connectivity index is 1.42. The van der Waals surface area contributed by atoms with Gasteiger partial charge in [-0.1, -0.05) is 49.4 Å². The Morgan fingerprint density at radius 1 is 1.03 bits per heavy atom. The number of hydrogen-bond donors (Lipinski definition) is 1. The zero-order valence-corrected chi connectivity index (χ0v) is 17.1. The molecule has 2 aromatic carbocycles. The van der Waals surface area contributed by atoms with Crippen molar-refractivity contribution < 1.29 is 0 Å². The molecule has 3 heterocycles. The molecule has 0 saturated heterocycles. The van der Waals surface area contributed by atoms with Crippen LogP contribution >= 0.6 is 0 Å². The maximum Gasteiger partial charge on any atom is 0.255 e. The van der Waals surface area contributed by atoms with Crippen molar-refractivity contribution in [3.05, 3.63) is 82.0 Å². The van der Waals surface area contributed by atoms with Gasteiger partial charge in [0.15, 0.2) is 0 Å². The second-order valence-electron chi connectivity index (χ2n) is 7.83. The highest BCUT2D eigenvalue weighted by molar-refractivity contribution is 5.75. The van der Waals surface area contributed by atoms with Crippen LogP contribution in [0.4, 0.5) is 0 Å². The molecule has 0 saturated carbocycles. The SMILES string of the molecule is CCCn1c(CN2CCc3nc(-c4ccccc4)[nH]c(=O)c3C2)nc2ccccc21. The number of fused-ring (bicyclic) bond motifs is 2. The van der Waals surface area contributed by atoms with Crippen molar-refractivity contribution in [2.45, 2.75) is 39.4 Å². The molecule has 1 N–H and O–H groups in total. The molecule has 0 atom stereocenters. The zero-order chi connectivity index (χ0) is 20.5. The fourth-order valence-corrected chi connectivity index (χ4v) is 4.27. The van der Waals surface area contributed by atoms with Gasteiger partial charge in [-0.25, -0.2) is 9.97 Å². The Labute approximate surface area is 175 Å². The first-order valence-electron chi connectivity index (χ1n) is 10.6. The van der Waals surface area contributed by atoms with Crippen LogP contribution < -0.4 is 5.56 Å². The largest absolute Gasteiger partial charge is 0.327 e. The normalized spacial score (nSPS) is 14.2. The maximum atomic E-state index is 12.8. The number of imidazole rings is 1. The molecule has 0 amide bonds. The summed E-state index contributed by atoms with van der Waals surface area (Å²) in [5.74, 6) is 1.71. The lowest BCUT2D eigenvalue weighted by atomic mass is 10.1. The molecule has 4 aromatic rings. The Kier molecular flexibility index (Phi) is 4.93. The van der Waals surface area contributed by atoms with E-state index in [-0.39, 0.29) is 5.56 Å². The lowest BCUT2D eigenvalue weighted by Crippen LogP contribution is -2.36. The second kappa shape index (κ2) is 7.88. The highest BCUT2D eigenvalue weighted by Crippen LogP contribution is 2.22. The number of aromatic amines is 1. The number of hydrogen-bond acceptors (Lipinski definition) is 4. The van der Waals surface area contributed by atoms with Crippen molar-refractivity contribution in [2.75, 3.05) is 6.54 Å². The lowest BCUT2D eigenvalue weighted by molar-refractivity contribution is 0.233.